The Balaban J connectivity index is 1.64. The second kappa shape index (κ2) is 11.3. The van der Waals surface area contributed by atoms with E-state index in [-0.39, 0.29) is 11.4 Å². The summed E-state index contributed by atoms with van der Waals surface area (Å²) in [5, 5.41) is 9.68. The number of allylic oxidation sites excluding steroid dienone is 1. The molecular formula is C25H34ClN7O. The van der Waals surface area contributed by atoms with Crippen molar-refractivity contribution in [2.45, 2.75) is 33.7 Å². The van der Waals surface area contributed by atoms with Crippen LogP contribution in [-0.4, -0.2) is 54.3 Å². The fraction of sp³-hybridized carbons (Fsp3) is 0.440. The highest BCUT2D eigenvalue weighted by atomic mass is 35.5. The lowest BCUT2D eigenvalue weighted by Crippen LogP contribution is -2.39. The van der Waals surface area contributed by atoms with Crippen LogP contribution in [0.5, 0.6) is 0 Å². The molecule has 8 nitrogen and oxygen atoms in total. The van der Waals surface area contributed by atoms with E-state index in [1.165, 1.54) is 0 Å². The molecule has 2 heterocycles. The second-order valence-corrected chi connectivity index (χ2v) is 9.84. The number of aliphatic imine (C=N–C) groups is 1. The number of rotatable bonds is 7. The molecule has 1 aromatic heterocycles. The van der Waals surface area contributed by atoms with Gasteiger partial charge in [0.25, 0.3) is 0 Å². The molecule has 0 bridgehead atoms. The summed E-state index contributed by atoms with van der Waals surface area (Å²) < 4.78 is 0. The van der Waals surface area contributed by atoms with Crippen LogP contribution in [0.25, 0.3) is 11.3 Å². The maximum Gasteiger partial charge on any atom is 0.317 e. The van der Waals surface area contributed by atoms with Crippen molar-refractivity contribution in [3.8, 4) is 11.3 Å². The van der Waals surface area contributed by atoms with Gasteiger partial charge in [0, 0.05) is 62.9 Å². The molecule has 9 heteroatoms. The van der Waals surface area contributed by atoms with Crippen molar-refractivity contribution in [1.82, 2.24) is 25.5 Å². The topological polar surface area (TPSA) is 94.5 Å². The molecule has 0 saturated carbocycles. The van der Waals surface area contributed by atoms with E-state index in [2.05, 4.69) is 51.7 Å². The number of aromatic nitrogens is 2. The van der Waals surface area contributed by atoms with Gasteiger partial charge in [0.2, 0.25) is 5.95 Å². The van der Waals surface area contributed by atoms with Gasteiger partial charge >= 0.3 is 6.03 Å². The van der Waals surface area contributed by atoms with Gasteiger partial charge in [-0.15, -0.1) is 0 Å². The Hall–Kier alpha value is -3.13. The first kappa shape index (κ1) is 25.5. The van der Waals surface area contributed by atoms with Crippen molar-refractivity contribution in [1.29, 1.82) is 0 Å². The molecule has 1 aliphatic heterocycles. The van der Waals surface area contributed by atoms with Crippen LogP contribution in [0.3, 0.4) is 0 Å². The average molecular weight is 484 g/mol. The third kappa shape index (κ3) is 6.70. The first-order valence-corrected chi connectivity index (χ1v) is 11.8. The Morgan fingerprint density at radius 3 is 2.76 bits per heavy atom. The van der Waals surface area contributed by atoms with E-state index in [9.17, 15) is 4.79 Å². The molecular weight excluding hydrogens is 450 g/mol. The third-order valence-corrected chi connectivity index (χ3v) is 6.31. The third-order valence-electron chi connectivity index (χ3n) is 5.96. The number of amides is 2. The van der Waals surface area contributed by atoms with Crippen molar-refractivity contribution in [2.75, 3.05) is 32.5 Å². The van der Waals surface area contributed by atoms with Crippen LogP contribution >= 0.6 is 11.6 Å². The quantitative estimate of drug-likeness (QED) is 0.502. The number of nitrogens with zero attached hydrogens (tertiary/aromatic N) is 4. The number of carbonyl (C=O) groups is 1. The zero-order valence-electron chi connectivity index (χ0n) is 20.5. The van der Waals surface area contributed by atoms with E-state index >= 15 is 0 Å². The molecule has 3 rings (SSSR count). The smallest absolute Gasteiger partial charge is 0.317 e. The maximum absolute atomic E-state index is 12.6. The molecule has 1 fully saturated rings. The summed E-state index contributed by atoms with van der Waals surface area (Å²) in [7, 11) is 3.50. The minimum absolute atomic E-state index is 0.0422. The Morgan fingerprint density at radius 2 is 2.12 bits per heavy atom. The number of anilines is 1. The number of urea groups is 1. The first-order valence-electron chi connectivity index (χ1n) is 11.4. The summed E-state index contributed by atoms with van der Waals surface area (Å²) in [6, 6.07) is 7.51. The van der Waals surface area contributed by atoms with E-state index in [0.717, 1.165) is 42.0 Å². The van der Waals surface area contributed by atoms with E-state index in [4.69, 9.17) is 11.6 Å². The molecule has 1 unspecified atom stereocenters. The number of carbonyl (C=O) groups excluding carboxylic acids is 1. The Labute approximate surface area is 206 Å². The van der Waals surface area contributed by atoms with E-state index in [0.29, 0.717) is 23.4 Å². The Bertz CT molecular complexity index is 1060. The van der Waals surface area contributed by atoms with Gasteiger partial charge < -0.3 is 20.9 Å². The molecule has 34 heavy (non-hydrogen) atoms. The van der Waals surface area contributed by atoms with Crippen molar-refractivity contribution in [3.63, 3.8) is 0 Å². The molecule has 2 aromatic rings. The van der Waals surface area contributed by atoms with Crippen LogP contribution in [0, 0.1) is 11.3 Å². The van der Waals surface area contributed by atoms with Crippen molar-refractivity contribution < 1.29 is 4.79 Å². The number of benzene rings is 1. The molecule has 0 aliphatic carbocycles. The Morgan fingerprint density at radius 1 is 1.32 bits per heavy atom. The van der Waals surface area contributed by atoms with Gasteiger partial charge in [0.05, 0.1) is 11.4 Å². The van der Waals surface area contributed by atoms with Crippen LogP contribution in [0.1, 0.15) is 32.8 Å². The summed E-state index contributed by atoms with van der Waals surface area (Å²) >= 11 is 6.55. The minimum Gasteiger partial charge on any atom is -0.392 e. The normalized spacial score (nSPS) is 16.7. The highest BCUT2D eigenvalue weighted by Crippen LogP contribution is 2.33. The van der Waals surface area contributed by atoms with Crippen LogP contribution in [0.15, 0.2) is 47.4 Å². The predicted octanol–water partition coefficient (Wildman–Crippen LogP) is 4.55. The minimum atomic E-state index is -0.0422. The fourth-order valence-electron chi connectivity index (χ4n) is 3.89. The highest BCUT2D eigenvalue weighted by Gasteiger charge is 2.33. The van der Waals surface area contributed by atoms with E-state index in [1.54, 1.807) is 25.7 Å². The molecule has 2 amide bonds. The van der Waals surface area contributed by atoms with Crippen molar-refractivity contribution in [2.24, 2.45) is 16.3 Å². The van der Waals surface area contributed by atoms with Gasteiger partial charge in [-0.1, -0.05) is 44.5 Å². The maximum atomic E-state index is 12.6. The molecule has 0 radical (unpaired) electrons. The molecule has 1 atom stereocenters. The lowest BCUT2D eigenvalue weighted by molar-refractivity contribution is 0.196. The van der Waals surface area contributed by atoms with Crippen LogP contribution in [-0.2, 0) is 6.54 Å². The summed E-state index contributed by atoms with van der Waals surface area (Å²) in [5.41, 5.74) is 3.40. The Kier molecular flexibility index (Phi) is 8.50. The van der Waals surface area contributed by atoms with E-state index < -0.39 is 0 Å². The largest absolute Gasteiger partial charge is 0.392 e. The van der Waals surface area contributed by atoms with Gasteiger partial charge in [-0.25, -0.2) is 14.8 Å². The SMILES string of the molecule is CN=C/C(=C\NC)Nc1nccc(-c2ccc(CNC(=O)N3CCC(C(C)(C)C)C3)c(Cl)c2)n1. The lowest BCUT2D eigenvalue weighted by Gasteiger charge is -2.27. The molecule has 1 aromatic carbocycles. The lowest BCUT2D eigenvalue weighted by atomic mass is 9.80. The number of nitrogens with one attached hydrogen (secondary N) is 3. The van der Waals surface area contributed by atoms with Crippen molar-refractivity contribution >= 4 is 29.8 Å². The molecule has 182 valence electrons. The van der Waals surface area contributed by atoms with Crippen molar-refractivity contribution in [3.05, 3.63) is 52.9 Å². The van der Waals surface area contributed by atoms with Gasteiger partial charge in [0.1, 0.15) is 0 Å². The van der Waals surface area contributed by atoms with Crippen LogP contribution in [0.4, 0.5) is 10.7 Å². The average Bonchev–Trinajstić information content (AvgIpc) is 3.30. The predicted molar refractivity (Wildman–Crippen MR) is 139 cm³/mol. The zero-order chi connectivity index (χ0) is 24.7. The molecule has 1 saturated heterocycles. The van der Waals surface area contributed by atoms with Crippen LogP contribution < -0.4 is 16.0 Å². The summed E-state index contributed by atoms with van der Waals surface area (Å²) in [4.78, 5) is 27.4. The van der Waals surface area contributed by atoms with Gasteiger partial charge in [-0.3, -0.25) is 4.99 Å². The number of halogens is 1. The first-order chi connectivity index (χ1) is 16.2. The number of likely N-dealkylation sites (tertiary alicyclic amines) is 1. The molecule has 3 N–H and O–H groups in total. The second-order valence-electron chi connectivity index (χ2n) is 9.43. The fourth-order valence-corrected chi connectivity index (χ4v) is 4.14. The van der Waals surface area contributed by atoms with Crippen LogP contribution in [0.2, 0.25) is 5.02 Å². The standard InChI is InChI=1S/C25H34ClN7O/c1-25(2,3)19-9-11-33(16-19)24(34)30-13-18-7-6-17(12-21(18)26)22-8-10-29-23(32-22)31-20(14-27-4)15-28-5/h6-8,10,12,14-15,19,27H,9,11,13,16H2,1-5H3,(H,30,34)(H,29,31,32)/b20-14+,28-15?. The monoisotopic (exact) mass is 483 g/mol. The number of hydrogen-bond acceptors (Lipinski definition) is 6. The highest BCUT2D eigenvalue weighted by molar-refractivity contribution is 6.31. The van der Waals surface area contributed by atoms with E-state index in [1.807, 2.05) is 36.2 Å². The summed E-state index contributed by atoms with van der Waals surface area (Å²) in [6.45, 7) is 8.65. The zero-order valence-corrected chi connectivity index (χ0v) is 21.3. The number of hydrogen-bond donors (Lipinski definition) is 3. The summed E-state index contributed by atoms with van der Waals surface area (Å²) in [5.74, 6) is 0.970. The molecule has 0 spiro atoms. The molecule has 1 aliphatic rings. The van der Waals surface area contributed by atoms with Gasteiger partial charge in [-0.2, -0.15) is 0 Å². The summed E-state index contributed by atoms with van der Waals surface area (Å²) in [6.07, 6.45) is 6.18. The van der Waals surface area contributed by atoms with Gasteiger partial charge in [-0.05, 0) is 35.4 Å². The van der Waals surface area contributed by atoms with Gasteiger partial charge in [0.15, 0.2) is 0 Å².